The van der Waals surface area contributed by atoms with Gasteiger partial charge in [0.25, 0.3) is 0 Å². The molecular weight excluding hydrogens is 204 g/mol. The summed E-state index contributed by atoms with van der Waals surface area (Å²) in [6, 6.07) is 5.06. The van der Waals surface area contributed by atoms with E-state index in [-0.39, 0.29) is 5.75 Å². The minimum absolute atomic E-state index is 0.0204. The predicted molar refractivity (Wildman–Crippen MR) is 61.0 cm³/mol. The third-order valence-electron chi connectivity index (χ3n) is 2.57. The Hall–Kier alpha value is -1.94. The van der Waals surface area contributed by atoms with Crippen LogP contribution in [-0.4, -0.2) is 29.3 Å². The molecule has 1 atom stereocenters. The summed E-state index contributed by atoms with van der Waals surface area (Å²) in [5.41, 5.74) is 1.31. The number of carbonyl (C=O) groups is 1. The molecule has 4 nitrogen and oxygen atoms in total. The summed E-state index contributed by atoms with van der Waals surface area (Å²) in [5, 5.41) is 9.38. The molecule has 1 aliphatic heterocycles. The van der Waals surface area contributed by atoms with Crippen molar-refractivity contribution < 1.29 is 14.4 Å². The lowest BCUT2D eigenvalue weighted by Gasteiger charge is -2.21. The van der Waals surface area contributed by atoms with Crippen molar-refractivity contribution in [1.82, 2.24) is 0 Å². The van der Waals surface area contributed by atoms with Crippen LogP contribution in [0.25, 0.3) is 0 Å². The Morgan fingerprint density at radius 3 is 2.94 bits per heavy atom. The van der Waals surface area contributed by atoms with Gasteiger partial charge in [-0.2, -0.15) is 0 Å². The fraction of sp³-hybridized carbons (Fsp3) is 0.167. The first-order valence-electron chi connectivity index (χ1n) is 4.97. The van der Waals surface area contributed by atoms with Gasteiger partial charge in [0.1, 0.15) is 18.5 Å². The highest BCUT2D eigenvalue weighted by atomic mass is 16.3. The Morgan fingerprint density at radius 1 is 1.50 bits per heavy atom. The van der Waals surface area contributed by atoms with Crippen LogP contribution in [0.2, 0.25) is 0 Å². The number of benzene rings is 1. The average molecular weight is 217 g/mol. The van der Waals surface area contributed by atoms with E-state index in [1.54, 1.807) is 18.3 Å². The maximum absolute atomic E-state index is 10.7. The second kappa shape index (κ2) is 3.90. The van der Waals surface area contributed by atoms with Crippen LogP contribution in [0.1, 0.15) is 15.9 Å². The van der Waals surface area contributed by atoms with Crippen molar-refractivity contribution in [3.05, 3.63) is 41.7 Å². The number of aromatic hydroxyl groups is 1. The van der Waals surface area contributed by atoms with Gasteiger partial charge in [-0.25, -0.2) is 4.99 Å². The molecule has 1 N–H and O–H groups in total. The van der Waals surface area contributed by atoms with Crippen LogP contribution < -0.4 is 0 Å². The van der Waals surface area contributed by atoms with E-state index in [1.807, 2.05) is 25.7 Å². The van der Waals surface area contributed by atoms with Crippen LogP contribution in [-0.2, 0) is 6.54 Å². The molecule has 0 spiro atoms. The number of hydrogen-bond acceptors (Lipinski definition) is 3. The summed E-state index contributed by atoms with van der Waals surface area (Å²) in [5.74, 6) is 0.0204. The molecule has 1 aromatic rings. The maximum Gasteiger partial charge on any atom is 0.194 e. The largest absolute Gasteiger partial charge is 0.507 e. The number of rotatable bonds is 3. The van der Waals surface area contributed by atoms with Crippen LogP contribution in [0.4, 0.5) is 0 Å². The molecule has 1 aromatic carbocycles. The number of aliphatic imine (C=N–C) groups is 1. The van der Waals surface area contributed by atoms with Gasteiger partial charge in [0.2, 0.25) is 0 Å². The summed E-state index contributed by atoms with van der Waals surface area (Å²) >= 11 is 0. The zero-order chi connectivity index (χ0) is 11.6. The Labute approximate surface area is 93.7 Å². The minimum atomic E-state index is 0.0204. The van der Waals surface area contributed by atoms with Crippen LogP contribution in [0, 0.1) is 0 Å². The lowest BCUT2D eigenvalue weighted by atomic mass is 10.1. The van der Waals surface area contributed by atoms with Gasteiger partial charge in [-0.1, -0.05) is 0 Å². The number of carbonyl (C=O) groups excluding carboxylic acids is 1. The normalized spacial score (nSPS) is 22.6. The average Bonchev–Trinajstić information content (AvgIpc) is 2.68. The van der Waals surface area contributed by atoms with Gasteiger partial charge in [0.05, 0.1) is 18.8 Å². The van der Waals surface area contributed by atoms with E-state index in [0.717, 1.165) is 5.56 Å². The lowest BCUT2D eigenvalue weighted by molar-refractivity contribution is -0.771. The first kappa shape index (κ1) is 10.6. The van der Waals surface area contributed by atoms with E-state index < -0.39 is 0 Å². The van der Waals surface area contributed by atoms with E-state index in [1.165, 1.54) is 0 Å². The zero-order valence-corrected chi connectivity index (χ0v) is 9.00. The summed E-state index contributed by atoms with van der Waals surface area (Å²) in [6.45, 7) is 0.709. The van der Waals surface area contributed by atoms with E-state index in [2.05, 4.69) is 4.99 Å². The van der Waals surface area contributed by atoms with Crippen LogP contribution in [0.15, 0.2) is 35.6 Å². The van der Waals surface area contributed by atoms with Crippen LogP contribution in [0.3, 0.4) is 0 Å². The van der Waals surface area contributed by atoms with E-state index in [0.29, 0.717) is 22.9 Å². The number of quaternary nitrogens is 1. The van der Waals surface area contributed by atoms with Gasteiger partial charge in [-0.15, -0.1) is 0 Å². The highest BCUT2D eigenvalue weighted by Gasteiger charge is 2.20. The summed E-state index contributed by atoms with van der Waals surface area (Å²) < 4.78 is 0.572. The molecule has 0 amide bonds. The highest BCUT2D eigenvalue weighted by molar-refractivity contribution is 5.79. The number of nitrogens with zero attached hydrogens (tertiary/aromatic N) is 2. The Morgan fingerprint density at radius 2 is 2.31 bits per heavy atom. The zero-order valence-electron chi connectivity index (χ0n) is 9.00. The fourth-order valence-corrected chi connectivity index (χ4v) is 1.70. The van der Waals surface area contributed by atoms with Crippen molar-refractivity contribution in [2.75, 3.05) is 7.05 Å². The maximum atomic E-state index is 10.7. The molecule has 0 aromatic heterocycles. The van der Waals surface area contributed by atoms with E-state index >= 15 is 0 Å². The molecule has 82 valence electrons. The highest BCUT2D eigenvalue weighted by Crippen LogP contribution is 2.20. The summed E-state index contributed by atoms with van der Waals surface area (Å²) in [7, 11) is 2.01. The quantitative estimate of drug-likeness (QED) is 0.618. The number of hydrogen-bond donors (Lipinski definition) is 1. The molecule has 1 aliphatic rings. The monoisotopic (exact) mass is 217 g/mol. The molecule has 0 aliphatic carbocycles. The summed E-state index contributed by atoms with van der Waals surface area (Å²) in [4.78, 5) is 14.7. The van der Waals surface area contributed by atoms with Gasteiger partial charge >= 0.3 is 0 Å². The molecule has 0 radical (unpaired) electrons. The minimum Gasteiger partial charge on any atom is -0.507 e. The summed E-state index contributed by atoms with van der Waals surface area (Å²) in [6.07, 6.45) is 6.20. The molecule has 4 heteroatoms. The van der Waals surface area contributed by atoms with Crippen molar-refractivity contribution in [1.29, 1.82) is 0 Å². The van der Waals surface area contributed by atoms with Gasteiger partial charge in [0, 0.05) is 5.56 Å². The van der Waals surface area contributed by atoms with Gasteiger partial charge in [-0.3, -0.25) is 9.28 Å². The third kappa shape index (κ3) is 2.01. The van der Waals surface area contributed by atoms with Gasteiger partial charge < -0.3 is 5.11 Å². The van der Waals surface area contributed by atoms with Crippen LogP contribution >= 0.6 is 0 Å². The van der Waals surface area contributed by atoms with Crippen molar-refractivity contribution >= 4 is 12.6 Å². The van der Waals surface area contributed by atoms with Crippen LogP contribution in [0.5, 0.6) is 5.75 Å². The first-order chi connectivity index (χ1) is 7.63. The Bertz CT molecular complexity index is 466. The molecule has 2 rings (SSSR count). The molecule has 0 bridgehead atoms. The molecular formula is C12H13N2O2+. The second-order valence-corrected chi connectivity index (χ2v) is 4.08. The first-order valence-corrected chi connectivity index (χ1v) is 4.97. The number of phenolic OH excluding ortho intramolecular Hbond substituents is 1. The molecule has 0 saturated heterocycles. The molecule has 0 saturated carbocycles. The SMILES string of the molecule is C[N+]1(Cc2ccc(O)c(C=O)c2)C=CN=C1. The smallest absolute Gasteiger partial charge is 0.194 e. The topological polar surface area (TPSA) is 49.7 Å². The number of phenols is 1. The fourth-order valence-electron chi connectivity index (χ4n) is 1.70. The predicted octanol–water partition coefficient (Wildman–Crippen LogP) is 1.66. The molecule has 16 heavy (non-hydrogen) atoms. The molecule has 0 fully saturated rings. The van der Waals surface area contributed by atoms with Crippen molar-refractivity contribution in [2.45, 2.75) is 6.54 Å². The standard InChI is InChI=1S/C12H12N2O2/c1-14(5-4-13-9-14)7-10-2-3-12(16)11(6-10)8-15/h2-6,8-9H,7H2,1H3/p+1. The molecule has 1 heterocycles. The lowest BCUT2D eigenvalue weighted by Crippen LogP contribution is -2.33. The van der Waals surface area contributed by atoms with Gasteiger partial charge in [0.15, 0.2) is 12.6 Å². The van der Waals surface area contributed by atoms with E-state index in [9.17, 15) is 9.90 Å². The second-order valence-electron chi connectivity index (χ2n) is 4.08. The molecule has 1 unspecified atom stereocenters. The Kier molecular flexibility index (Phi) is 2.58. The third-order valence-corrected chi connectivity index (χ3v) is 2.57. The van der Waals surface area contributed by atoms with Gasteiger partial charge in [-0.05, 0) is 18.2 Å². The Balaban J connectivity index is 2.25. The van der Waals surface area contributed by atoms with Crippen molar-refractivity contribution in [2.24, 2.45) is 4.99 Å². The van der Waals surface area contributed by atoms with Crippen molar-refractivity contribution in [3.63, 3.8) is 0 Å². The number of aldehydes is 1. The van der Waals surface area contributed by atoms with E-state index in [4.69, 9.17) is 0 Å². The van der Waals surface area contributed by atoms with Crippen molar-refractivity contribution in [3.8, 4) is 5.75 Å².